The lowest BCUT2D eigenvalue weighted by molar-refractivity contribution is -0.139. The number of methoxy groups -OCH3 is 1. The van der Waals surface area contributed by atoms with Crippen molar-refractivity contribution in [3.05, 3.63) is 76.4 Å². The van der Waals surface area contributed by atoms with Gasteiger partial charge in [0.2, 0.25) is 0 Å². The third-order valence-corrected chi connectivity index (χ3v) is 9.64. The van der Waals surface area contributed by atoms with Crippen LogP contribution in [0.2, 0.25) is 0 Å². The first-order valence-corrected chi connectivity index (χ1v) is 15.0. The Kier molecular flexibility index (Phi) is 8.56. The summed E-state index contributed by atoms with van der Waals surface area (Å²) in [7, 11) is -2.23. The molecule has 1 aliphatic rings. The monoisotopic (exact) mass is 593 g/mol. The minimum Gasteiger partial charge on any atom is -0.496 e. The van der Waals surface area contributed by atoms with Crippen LogP contribution in [-0.4, -0.2) is 48.5 Å². The molecule has 1 amide bonds. The number of carbonyl (C=O) groups excluding carboxylic acids is 1. The Morgan fingerprint density at radius 1 is 1.20 bits per heavy atom. The summed E-state index contributed by atoms with van der Waals surface area (Å²) in [6.07, 6.45) is -2.16. The van der Waals surface area contributed by atoms with Crippen LogP contribution in [0.25, 0.3) is 0 Å². The SMILES string of the molecule is CCS(=O)(=O)c1ccc([C@@H](CO)NC(=O)c2nc(C3(C)CCC3)n(Cc3cccc(OC)c3C(F)(F)F)c2C)cc1. The number of hydrogen-bond donors (Lipinski definition) is 2. The highest BCUT2D eigenvalue weighted by molar-refractivity contribution is 7.91. The summed E-state index contributed by atoms with van der Waals surface area (Å²) >= 11 is 0. The topological polar surface area (TPSA) is 111 Å². The van der Waals surface area contributed by atoms with Gasteiger partial charge in [0.15, 0.2) is 9.84 Å². The molecule has 0 aliphatic heterocycles. The van der Waals surface area contributed by atoms with Crippen LogP contribution in [0.1, 0.15) is 77.8 Å². The molecular formula is C29H34F3N3O5S. The molecule has 1 heterocycles. The number of sulfone groups is 1. The lowest BCUT2D eigenvalue weighted by Gasteiger charge is -2.38. The van der Waals surface area contributed by atoms with Crippen LogP contribution >= 0.6 is 0 Å². The van der Waals surface area contributed by atoms with Gasteiger partial charge in [-0.3, -0.25) is 4.79 Å². The molecule has 0 saturated heterocycles. The second kappa shape index (κ2) is 11.5. The summed E-state index contributed by atoms with van der Waals surface area (Å²) in [5.74, 6) is -0.422. The van der Waals surface area contributed by atoms with E-state index in [-0.39, 0.29) is 34.2 Å². The molecule has 2 aromatic carbocycles. The number of nitrogens with one attached hydrogen (secondary N) is 1. The van der Waals surface area contributed by atoms with Gasteiger partial charge in [0.05, 0.1) is 30.4 Å². The van der Waals surface area contributed by atoms with E-state index in [4.69, 9.17) is 4.74 Å². The third kappa shape index (κ3) is 5.99. The minimum atomic E-state index is -4.66. The maximum Gasteiger partial charge on any atom is 0.420 e. The maximum atomic E-state index is 14.1. The zero-order chi connectivity index (χ0) is 30.2. The van der Waals surface area contributed by atoms with Crippen molar-refractivity contribution in [1.82, 2.24) is 14.9 Å². The van der Waals surface area contributed by atoms with Gasteiger partial charge in [-0.2, -0.15) is 13.2 Å². The normalized spacial score (nSPS) is 15.7. The average Bonchev–Trinajstić information content (AvgIpc) is 3.25. The van der Waals surface area contributed by atoms with Gasteiger partial charge in [-0.1, -0.05) is 44.5 Å². The van der Waals surface area contributed by atoms with E-state index in [2.05, 4.69) is 10.3 Å². The molecule has 0 bridgehead atoms. The first-order chi connectivity index (χ1) is 19.3. The van der Waals surface area contributed by atoms with Crippen LogP contribution in [0.5, 0.6) is 5.75 Å². The van der Waals surface area contributed by atoms with Gasteiger partial charge in [-0.25, -0.2) is 13.4 Å². The van der Waals surface area contributed by atoms with Crippen molar-refractivity contribution in [2.24, 2.45) is 0 Å². The molecule has 4 rings (SSSR count). The van der Waals surface area contributed by atoms with Crippen molar-refractivity contribution in [1.29, 1.82) is 0 Å². The first-order valence-electron chi connectivity index (χ1n) is 13.3. The first kappa shape index (κ1) is 30.6. The van der Waals surface area contributed by atoms with Gasteiger partial charge in [-0.05, 0) is 49.1 Å². The van der Waals surface area contributed by atoms with Crippen LogP contribution in [0.3, 0.4) is 0 Å². The summed E-state index contributed by atoms with van der Waals surface area (Å²) in [4.78, 5) is 18.2. The molecule has 1 fully saturated rings. The Morgan fingerprint density at radius 2 is 1.85 bits per heavy atom. The highest BCUT2D eigenvalue weighted by atomic mass is 32.2. The lowest BCUT2D eigenvalue weighted by atomic mass is 9.70. The van der Waals surface area contributed by atoms with Crippen LogP contribution in [-0.2, 0) is 28.0 Å². The second-order valence-electron chi connectivity index (χ2n) is 10.5. The lowest BCUT2D eigenvalue weighted by Crippen LogP contribution is -2.34. The molecule has 1 saturated carbocycles. The number of carbonyl (C=O) groups is 1. The van der Waals surface area contributed by atoms with Crippen molar-refractivity contribution < 1.29 is 36.2 Å². The fourth-order valence-corrected chi connectivity index (χ4v) is 6.12. The Hall–Kier alpha value is -3.38. The van der Waals surface area contributed by atoms with Gasteiger partial charge in [-0.15, -0.1) is 0 Å². The third-order valence-electron chi connectivity index (χ3n) is 7.89. The molecule has 1 aromatic heterocycles. The van der Waals surface area contributed by atoms with Crippen LogP contribution in [0.4, 0.5) is 13.2 Å². The quantitative estimate of drug-likeness (QED) is 0.344. The molecule has 3 aromatic rings. The van der Waals surface area contributed by atoms with Crippen molar-refractivity contribution in [3.8, 4) is 5.75 Å². The van der Waals surface area contributed by atoms with Crippen molar-refractivity contribution in [2.75, 3.05) is 19.5 Å². The number of aliphatic hydroxyl groups is 1. The number of benzene rings is 2. The van der Waals surface area contributed by atoms with Gasteiger partial charge >= 0.3 is 6.18 Å². The number of imidazole rings is 1. The summed E-state index contributed by atoms with van der Waals surface area (Å²) in [5.41, 5.74) is -0.359. The van der Waals surface area contributed by atoms with E-state index < -0.39 is 45.5 Å². The molecule has 0 unspecified atom stereocenters. The summed E-state index contributed by atoms with van der Waals surface area (Å²) in [6, 6.07) is 9.19. The Morgan fingerprint density at radius 3 is 2.37 bits per heavy atom. The number of amides is 1. The van der Waals surface area contributed by atoms with Crippen molar-refractivity contribution in [2.45, 2.75) is 69.1 Å². The highest BCUT2D eigenvalue weighted by Crippen LogP contribution is 2.44. The molecule has 12 heteroatoms. The summed E-state index contributed by atoms with van der Waals surface area (Å²) in [6.45, 7) is 4.53. The predicted molar refractivity (Wildman–Crippen MR) is 147 cm³/mol. The number of aromatic nitrogens is 2. The predicted octanol–water partition coefficient (Wildman–Crippen LogP) is 4.97. The molecule has 222 valence electrons. The minimum absolute atomic E-state index is 0.0103. The van der Waals surface area contributed by atoms with E-state index in [1.807, 2.05) is 6.92 Å². The van der Waals surface area contributed by atoms with Gasteiger partial charge in [0, 0.05) is 17.7 Å². The molecule has 1 atom stereocenters. The molecule has 2 N–H and O–H groups in total. The molecular weight excluding hydrogens is 559 g/mol. The molecule has 1 aliphatic carbocycles. The van der Waals surface area contributed by atoms with Crippen LogP contribution < -0.4 is 10.1 Å². The molecule has 0 radical (unpaired) electrons. The zero-order valence-corrected chi connectivity index (χ0v) is 24.2. The maximum absolute atomic E-state index is 14.1. The largest absolute Gasteiger partial charge is 0.496 e. The van der Waals surface area contributed by atoms with E-state index in [9.17, 15) is 31.5 Å². The number of rotatable bonds is 10. The van der Waals surface area contributed by atoms with Crippen molar-refractivity contribution in [3.63, 3.8) is 0 Å². The van der Waals surface area contributed by atoms with E-state index in [0.717, 1.165) is 19.3 Å². The number of alkyl halides is 3. The number of aliphatic hydroxyl groups excluding tert-OH is 1. The number of hydrogen-bond acceptors (Lipinski definition) is 6. The number of nitrogens with zero attached hydrogens (tertiary/aromatic N) is 2. The average molecular weight is 594 g/mol. The molecule has 41 heavy (non-hydrogen) atoms. The number of halogens is 3. The van der Waals surface area contributed by atoms with Gasteiger partial charge in [0.1, 0.15) is 22.8 Å². The molecule has 8 nitrogen and oxygen atoms in total. The second-order valence-corrected chi connectivity index (χ2v) is 12.8. The fourth-order valence-electron chi connectivity index (χ4n) is 5.24. The van der Waals surface area contributed by atoms with Gasteiger partial charge in [0.25, 0.3) is 5.91 Å². The zero-order valence-electron chi connectivity index (χ0n) is 23.4. The standard InChI is InChI=1S/C29H34F3N3O5S/c1-5-41(38,39)21-12-10-19(11-13-21)22(17-36)33-26(37)25-18(2)35(27(34-25)28(3)14-7-15-28)16-20-8-6-9-23(40-4)24(20)29(30,31)32/h6,8-13,22,36H,5,7,14-17H2,1-4H3,(H,33,37)/t22-/m1/s1. The Labute approximate surface area is 237 Å². The Bertz CT molecular complexity index is 1530. The van der Waals surface area contributed by atoms with Crippen molar-refractivity contribution >= 4 is 15.7 Å². The number of ether oxygens (including phenoxy) is 1. The van der Waals surface area contributed by atoms with E-state index in [1.165, 1.54) is 56.5 Å². The Balaban J connectivity index is 1.70. The van der Waals surface area contributed by atoms with E-state index in [0.29, 0.717) is 17.1 Å². The van der Waals surface area contributed by atoms with Crippen LogP contribution in [0.15, 0.2) is 47.4 Å². The van der Waals surface area contributed by atoms with E-state index >= 15 is 0 Å². The highest BCUT2D eigenvalue weighted by Gasteiger charge is 2.41. The van der Waals surface area contributed by atoms with E-state index in [1.54, 1.807) is 11.5 Å². The summed E-state index contributed by atoms with van der Waals surface area (Å²) < 4.78 is 73.2. The fraction of sp³-hybridized carbons (Fsp3) is 0.448. The molecule has 0 spiro atoms. The van der Waals surface area contributed by atoms with Crippen LogP contribution in [0, 0.1) is 6.92 Å². The summed E-state index contributed by atoms with van der Waals surface area (Å²) in [5, 5.41) is 12.8. The van der Waals surface area contributed by atoms with Gasteiger partial charge < -0.3 is 19.7 Å². The smallest absolute Gasteiger partial charge is 0.420 e.